The molecule has 1 saturated carbocycles. The van der Waals surface area contributed by atoms with Crippen LogP contribution in [0.2, 0.25) is 0 Å². The van der Waals surface area contributed by atoms with Gasteiger partial charge in [-0.3, -0.25) is 4.79 Å². The third-order valence-electron chi connectivity index (χ3n) is 4.42. The van der Waals surface area contributed by atoms with E-state index in [-0.39, 0.29) is 30.8 Å². The van der Waals surface area contributed by atoms with E-state index in [1.165, 1.54) is 7.11 Å². The molecule has 136 valence electrons. The Bertz CT molecular complexity index is 756. The molecule has 0 saturated heterocycles. The maximum atomic E-state index is 12.2. The summed E-state index contributed by atoms with van der Waals surface area (Å²) >= 11 is 0. The first-order valence-electron chi connectivity index (χ1n) is 8.83. The van der Waals surface area contributed by atoms with Crippen molar-refractivity contribution in [2.24, 2.45) is 5.92 Å². The van der Waals surface area contributed by atoms with Crippen LogP contribution in [0.4, 0.5) is 0 Å². The lowest BCUT2D eigenvalue weighted by Crippen LogP contribution is -2.43. The monoisotopic (exact) mass is 353 g/mol. The number of hydrogen-bond acceptors (Lipinski definition) is 4. The number of hydrogen-bond donors (Lipinski definition) is 1. The summed E-state index contributed by atoms with van der Waals surface area (Å²) in [6, 6.07) is 17.2. The maximum absolute atomic E-state index is 12.2. The molecule has 1 atom stereocenters. The van der Waals surface area contributed by atoms with Gasteiger partial charge in [0.1, 0.15) is 11.8 Å². The largest absolute Gasteiger partial charge is 0.492 e. The van der Waals surface area contributed by atoms with Gasteiger partial charge in [0, 0.05) is 5.56 Å². The summed E-state index contributed by atoms with van der Waals surface area (Å²) < 4.78 is 10.6. The molecule has 1 aliphatic rings. The molecule has 2 aromatic rings. The number of benzene rings is 2. The van der Waals surface area contributed by atoms with E-state index in [4.69, 9.17) is 9.47 Å². The van der Waals surface area contributed by atoms with Crippen LogP contribution in [0, 0.1) is 5.92 Å². The van der Waals surface area contributed by atoms with Crippen molar-refractivity contribution in [2.75, 3.05) is 13.7 Å². The van der Waals surface area contributed by atoms with Gasteiger partial charge >= 0.3 is 5.97 Å². The topological polar surface area (TPSA) is 64.6 Å². The number of para-hydroxylation sites is 1. The van der Waals surface area contributed by atoms with Gasteiger partial charge in [-0.05, 0) is 30.4 Å². The number of methoxy groups -OCH3 is 1. The summed E-state index contributed by atoms with van der Waals surface area (Å²) in [4.78, 5) is 23.9. The SMILES string of the molecule is COC(=O)[C@@H](NC(=O)CCOc1ccccc1-c1ccccc1)C1CC1. The van der Waals surface area contributed by atoms with Crippen LogP contribution in [0.1, 0.15) is 19.3 Å². The fourth-order valence-corrected chi connectivity index (χ4v) is 2.87. The lowest BCUT2D eigenvalue weighted by atomic mass is 10.1. The van der Waals surface area contributed by atoms with Gasteiger partial charge in [-0.25, -0.2) is 4.79 Å². The van der Waals surface area contributed by atoms with Gasteiger partial charge in [-0.2, -0.15) is 0 Å². The predicted molar refractivity (Wildman–Crippen MR) is 98.7 cm³/mol. The van der Waals surface area contributed by atoms with Gasteiger partial charge in [0.2, 0.25) is 5.91 Å². The molecule has 3 rings (SSSR count). The van der Waals surface area contributed by atoms with Crippen molar-refractivity contribution < 1.29 is 19.1 Å². The van der Waals surface area contributed by atoms with Crippen LogP contribution in [0.3, 0.4) is 0 Å². The second-order valence-electron chi connectivity index (χ2n) is 6.37. The van der Waals surface area contributed by atoms with Gasteiger partial charge in [0.25, 0.3) is 0 Å². The highest BCUT2D eigenvalue weighted by molar-refractivity contribution is 5.85. The van der Waals surface area contributed by atoms with Crippen LogP contribution in [0.15, 0.2) is 54.6 Å². The molecule has 1 N–H and O–H groups in total. The molecule has 0 radical (unpaired) electrons. The number of carbonyl (C=O) groups excluding carboxylic acids is 2. The van der Waals surface area contributed by atoms with Crippen LogP contribution in [0.25, 0.3) is 11.1 Å². The van der Waals surface area contributed by atoms with Crippen molar-refractivity contribution in [2.45, 2.75) is 25.3 Å². The van der Waals surface area contributed by atoms with Gasteiger partial charge in [-0.1, -0.05) is 48.5 Å². The Kier molecular flexibility index (Phi) is 5.89. The first-order chi connectivity index (χ1) is 12.7. The minimum absolute atomic E-state index is 0.184. The minimum Gasteiger partial charge on any atom is -0.492 e. The summed E-state index contributed by atoms with van der Waals surface area (Å²) in [5.74, 6) is 0.352. The second kappa shape index (κ2) is 8.52. The molecule has 5 nitrogen and oxygen atoms in total. The fraction of sp³-hybridized carbons (Fsp3) is 0.333. The number of rotatable bonds is 8. The first-order valence-corrected chi connectivity index (χ1v) is 8.83. The molecule has 1 aliphatic carbocycles. The number of amides is 1. The van der Waals surface area contributed by atoms with Crippen LogP contribution in [0.5, 0.6) is 5.75 Å². The third kappa shape index (κ3) is 4.63. The number of ether oxygens (including phenoxy) is 2. The van der Waals surface area contributed by atoms with Gasteiger partial charge in [0.05, 0.1) is 20.1 Å². The van der Waals surface area contributed by atoms with Crippen LogP contribution < -0.4 is 10.1 Å². The molecule has 2 aromatic carbocycles. The van der Waals surface area contributed by atoms with E-state index < -0.39 is 6.04 Å². The smallest absolute Gasteiger partial charge is 0.328 e. The zero-order chi connectivity index (χ0) is 18.4. The molecule has 0 aliphatic heterocycles. The quantitative estimate of drug-likeness (QED) is 0.740. The standard InChI is InChI=1S/C21H23NO4/c1-25-21(24)20(16-11-12-16)22-19(23)13-14-26-18-10-6-5-9-17(18)15-7-3-2-4-8-15/h2-10,16,20H,11-14H2,1H3,(H,22,23)/t20-/m0/s1. The normalized spacial score (nSPS) is 14.3. The molecule has 5 heteroatoms. The Morgan fingerprint density at radius 1 is 1.08 bits per heavy atom. The maximum Gasteiger partial charge on any atom is 0.328 e. The first kappa shape index (κ1) is 18.0. The highest BCUT2D eigenvalue weighted by atomic mass is 16.5. The zero-order valence-electron chi connectivity index (χ0n) is 14.8. The summed E-state index contributed by atoms with van der Waals surface area (Å²) in [6.45, 7) is 0.244. The van der Waals surface area contributed by atoms with E-state index in [1.54, 1.807) is 0 Å². The van der Waals surface area contributed by atoms with E-state index in [1.807, 2.05) is 54.6 Å². The molecule has 26 heavy (non-hydrogen) atoms. The molecule has 0 aromatic heterocycles. The van der Waals surface area contributed by atoms with Crippen molar-refractivity contribution in [3.05, 3.63) is 54.6 Å². The summed E-state index contributed by atoms with van der Waals surface area (Å²) in [6.07, 6.45) is 2.07. The summed E-state index contributed by atoms with van der Waals surface area (Å²) in [7, 11) is 1.34. The van der Waals surface area contributed by atoms with Gasteiger partial charge < -0.3 is 14.8 Å². The number of esters is 1. The molecular formula is C21H23NO4. The Balaban J connectivity index is 1.55. The van der Waals surface area contributed by atoms with Gasteiger partial charge in [0.15, 0.2) is 0 Å². The van der Waals surface area contributed by atoms with E-state index in [9.17, 15) is 9.59 Å². The molecular weight excluding hydrogens is 330 g/mol. The summed E-state index contributed by atoms with van der Waals surface area (Å²) in [5.41, 5.74) is 2.05. The molecule has 1 fully saturated rings. The highest BCUT2D eigenvalue weighted by Crippen LogP contribution is 2.33. The Hall–Kier alpha value is -2.82. The number of carbonyl (C=O) groups is 2. The predicted octanol–water partition coefficient (Wildman–Crippen LogP) is 3.19. The van der Waals surface area contributed by atoms with E-state index >= 15 is 0 Å². The highest BCUT2D eigenvalue weighted by Gasteiger charge is 2.37. The van der Waals surface area contributed by atoms with Crippen molar-refractivity contribution in [1.29, 1.82) is 0 Å². The van der Waals surface area contributed by atoms with Crippen molar-refractivity contribution in [1.82, 2.24) is 5.32 Å². The lowest BCUT2D eigenvalue weighted by Gasteiger charge is -2.16. The minimum atomic E-state index is -0.538. The molecule has 0 unspecified atom stereocenters. The fourth-order valence-electron chi connectivity index (χ4n) is 2.87. The lowest BCUT2D eigenvalue weighted by molar-refractivity contribution is -0.145. The number of nitrogens with one attached hydrogen (secondary N) is 1. The Morgan fingerprint density at radius 2 is 1.77 bits per heavy atom. The summed E-state index contributed by atoms with van der Waals surface area (Å²) in [5, 5.41) is 2.77. The second-order valence-corrected chi connectivity index (χ2v) is 6.37. The molecule has 0 heterocycles. The zero-order valence-corrected chi connectivity index (χ0v) is 14.8. The van der Waals surface area contributed by atoms with E-state index in [0.717, 1.165) is 29.7 Å². The van der Waals surface area contributed by atoms with E-state index in [2.05, 4.69) is 5.32 Å². The van der Waals surface area contributed by atoms with Crippen molar-refractivity contribution >= 4 is 11.9 Å². The van der Waals surface area contributed by atoms with Crippen molar-refractivity contribution in [3.8, 4) is 16.9 Å². The molecule has 1 amide bonds. The molecule has 0 spiro atoms. The van der Waals surface area contributed by atoms with Crippen molar-refractivity contribution in [3.63, 3.8) is 0 Å². The Labute approximate surface area is 153 Å². The average Bonchev–Trinajstić information content (AvgIpc) is 3.52. The van der Waals surface area contributed by atoms with Crippen LogP contribution >= 0.6 is 0 Å². The third-order valence-corrected chi connectivity index (χ3v) is 4.42. The average molecular weight is 353 g/mol. The van der Waals surface area contributed by atoms with Crippen LogP contribution in [-0.4, -0.2) is 31.6 Å². The van der Waals surface area contributed by atoms with E-state index in [0.29, 0.717) is 0 Å². The Morgan fingerprint density at radius 3 is 2.46 bits per heavy atom. The van der Waals surface area contributed by atoms with Gasteiger partial charge in [-0.15, -0.1) is 0 Å². The van der Waals surface area contributed by atoms with Crippen LogP contribution in [-0.2, 0) is 14.3 Å². The molecule has 0 bridgehead atoms.